The van der Waals surface area contributed by atoms with Gasteiger partial charge in [-0.3, -0.25) is 0 Å². The van der Waals surface area contributed by atoms with Gasteiger partial charge in [-0.15, -0.1) is 11.3 Å². The van der Waals surface area contributed by atoms with Crippen LogP contribution in [0.1, 0.15) is 22.2 Å². The fourth-order valence-corrected chi connectivity index (χ4v) is 2.55. The van der Waals surface area contributed by atoms with Gasteiger partial charge in [0, 0.05) is 16.3 Å². The Kier molecular flexibility index (Phi) is 3.96. The van der Waals surface area contributed by atoms with Crippen molar-refractivity contribution in [1.29, 1.82) is 5.26 Å². The van der Waals surface area contributed by atoms with Gasteiger partial charge in [0.2, 0.25) is 0 Å². The maximum absolute atomic E-state index is 13.0. The summed E-state index contributed by atoms with van der Waals surface area (Å²) in [6.45, 7) is 2.78. The van der Waals surface area contributed by atoms with Crippen LogP contribution in [0.2, 0.25) is 0 Å². The maximum atomic E-state index is 13.0. The number of anilines is 1. The number of aryl methyl sites for hydroxylation is 1. The van der Waals surface area contributed by atoms with E-state index in [0.29, 0.717) is 17.8 Å². The van der Waals surface area contributed by atoms with E-state index < -0.39 is 0 Å². The molecule has 0 atom stereocenters. The molecule has 4 heteroatoms. The lowest BCUT2D eigenvalue weighted by molar-refractivity contribution is 0.627. The molecule has 0 radical (unpaired) electrons. The molecular formula is C14H13FN2S. The average Bonchev–Trinajstić information content (AvgIpc) is 2.85. The molecule has 0 saturated heterocycles. The number of hydrogen-bond acceptors (Lipinski definition) is 3. The van der Waals surface area contributed by atoms with Crippen molar-refractivity contribution in [3.8, 4) is 6.07 Å². The number of nitrogens with zero attached hydrogens (tertiary/aromatic N) is 1. The van der Waals surface area contributed by atoms with Gasteiger partial charge in [0.1, 0.15) is 11.9 Å². The lowest BCUT2D eigenvalue weighted by atomic mass is 10.2. The minimum atomic E-state index is -0.388. The monoisotopic (exact) mass is 260 g/mol. The quantitative estimate of drug-likeness (QED) is 0.904. The molecule has 1 heterocycles. The number of nitrogens with one attached hydrogen (secondary N) is 1. The molecule has 0 aliphatic rings. The Morgan fingerprint density at radius 2 is 2.06 bits per heavy atom. The van der Waals surface area contributed by atoms with E-state index in [1.54, 1.807) is 17.4 Å². The minimum Gasteiger partial charge on any atom is -0.379 e. The summed E-state index contributed by atoms with van der Waals surface area (Å²) in [6.07, 6.45) is 1.03. The Morgan fingerprint density at radius 1 is 1.28 bits per heavy atom. The number of hydrogen-bond donors (Lipinski definition) is 1. The highest BCUT2D eigenvalue weighted by molar-refractivity contribution is 7.12. The van der Waals surface area contributed by atoms with E-state index in [1.807, 2.05) is 6.07 Å². The molecule has 0 fully saturated rings. The zero-order chi connectivity index (χ0) is 13.0. The lowest BCUT2D eigenvalue weighted by Crippen LogP contribution is -1.99. The third kappa shape index (κ3) is 2.88. The van der Waals surface area contributed by atoms with Crippen LogP contribution in [0.5, 0.6) is 0 Å². The molecule has 2 aromatic rings. The summed E-state index contributed by atoms with van der Waals surface area (Å²) in [5, 5.41) is 12.1. The Morgan fingerprint density at radius 3 is 2.72 bits per heavy atom. The van der Waals surface area contributed by atoms with Crippen molar-refractivity contribution in [2.75, 3.05) is 5.32 Å². The van der Waals surface area contributed by atoms with Crippen molar-refractivity contribution in [1.82, 2.24) is 0 Å². The molecular weight excluding hydrogens is 247 g/mol. The molecule has 2 rings (SSSR count). The highest BCUT2D eigenvalue weighted by Gasteiger charge is 2.04. The second kappa shape index (κ2) is 5.65. The Labute approximate surface area is 110 Å². The normalized spacial score (nSPS) is 10.1. The third-order valence-electron chi connectivity index (χ3n) is 2.62. The first kappa shape index (κ1) is 12.6. The summed E-state index contributed by atoms with van der Waals surface area (Å²) in [7, 11) is 0. The predicted octanol–water partition coefficient (Wildman–Crippen LogP) is 3.93. The van der Waals surface area contributed by atoms with Crippen LogP contribution in [0.4, 0.5) is 10.1 Å². The molecule has 0 aliphatic carbocycles. The van der Waals surface area contributed by atoms with Crippen molar-refractivity contribution in [2.24, 2.45) is 0 Å². The van der Waals surface area contributed by atoms with E-state index in [2.05, 4.69) is 24.4 Å². The van der Waals surface area contributed by atoms with E-state index in [-0.39, 0.29) is 5.82 Å². The molecule has 0 saturated carbocycles. The largest absolute Gasteiger partial charge is 0.379 e. The lowest BCUT2D eigenvalue weighted by Gasteiger charge is -2.06. The minimum absolute atomic E-state index is 0.335. The zero-order valence-corrected chi connectivity index (χ0v) is 10.9. The topological polar surface area (TPSA) is 35.8 Å². The van der Waals surface area contributed by atoms with Crippen LogP contribution in [0, 0.1) is 17.1 Å². The first-order valence-electron chi connectivity index (χ1n) is 5.74. The number of nitriles is 1. The highest BCUT2D eigenvalue weighted by atomic mass is 32.1. The summed E-state index contributed by atoms with van der Waals surface area (Å²) in [6, 6.07) is 10.4. The van der Waals surface area contributed by atoms with Gasteiger partial charge in [0.25, 0.3) is 0 Å². The number of rotatable bonds is 4. The van der Waals surface area contributed by atoms with Crippen molar-refractivity contribution in [2.45, 2.75) is 19.9 Å². The Balaban J connectivity index is 2.08. The average molecular weight is 260 g/mol. The molecule has 0 bridgehead atoms. The highest BCUT2D eigenvalue weighted by Crippen LogP contribution is 2.20. The molecule has 0 unspecified atom stereocenters. The van der Waals surface area contributed by atoms with Gasteiger partial charge in [-0.05, 0) is 36.8 Å². The number of halogens is 1. The first-order chi connectivity index (χ1) is 8.72. The van der Waals surface area contributed by atoms with Crippen LogP contribution in [0.15, 0.2) is 30.3 Å². The molecule has 92 valence electrons. The van der Waals surface area contributed by atoms with Crippen LogP contribution < -0.4 is 5.32 Å². The van der Waals surface area contributed by atoms with Crippen LogP contribution in [-0.2, 0) is 13.0 Å². The van der Waals surface area contributed by atoms with E-state index in [0.717, 1.165) is 6.42 Å². The zero-order valence-electron chi connectivity index (χ0n) is 10.0. The van der Waals surface area contributed by atoms with Gasteiger partial charge in [-0.2, -0.15) is 5.26 Å². The molecule has 0 aliphatic heterocycles. The fraction of sp³-hybridized carbons (Fsp3) is 0.214. The van der Waals surface area contributed by atoms with Crippen LogP contribution in [0.25, 0.3) is 0 Å². The van der Waals surface area contributed by atoms with Crippen LogP contribution in [0.3, 0.4) is 0 Å². The van der Waals surface area contributed by atoms with E-state index in [4.69, 9.17) is 5.26 Å². The summed E-state index contributed by atoms with van der Waals surface area (Å²) < 4.78 is 13.0. The van der Waals surface area contributed by atoms with E-state index in [1.165, 1.54) is 21.9 Å². The molecule has 2 nitrogen and oxygen atoms in total. The van der Waals surface area contributed by atoms with Gasteiger partial charge < -0.3 is 5.32 Å². The maximum Gasteiger partial charge on any atom is 0.124 e. The second-order valence-electron chi connectivity index (χ2n) is 3.88. The number of benzene rings is 1. The summed E-state index contributed by atoms with van der Waals surface area (Å²) in [5.74, 6) is -0.388. The third-order valence-corrected chi connectivity index (χ3v) is 3.85. The van der Waals surface area contributed by atoms with E-state index in [9.17, 15) is 4.39 Å². The van der Waals surface area contributed by atoms with Crippen molar-refractivity contribution in [3.05, 3.63) is 51.5 Å². The molecule has 1 N–H and O–H groups in total. The van der Waals surface area contributed by atoms with Gasteiger partial charge in [-0.1, -0.05) is 6.92 Å². The predicted molar refractivity (Wildman–Crippen MR) is 72.1 cm³/mol. The van der Waals surface area contributed by atoms with Crippen molar-refractivity contribution >= 4 is 17.0 Å². The molecule has 0 spiro atoms. The molecule has 18 heavy (non-hydrogen) atoms. The molecule has 1 aromatic carbocycles. The Bertz CT molecular complexity index is 584. The van der Waals surface area contributed by atoms with E-state index >= 15 is 0 Å². The first-order valence-corrected chi connectivity index (χ1v) is 6.55. The SMILES string of the molecule is CCc1ccc(CNc2ccc(F)cc2C#N)s1. The smallest absolute Gasteiger partial charge is 0.124 e. The van der Waals surface area contributed by atoms with Crippen LogP contribution in [-0.4, -0.2) is 0 Å². The van der Waals surface area contributed by atoms with Gasteiger partial charge in [-0.25, -0.2) is 4.39 Å². The van der Waals surface area contributed by atoms with Crippen molar-refractivity contribution < 1.29 is 4.39 Å². The number of thiophene rings is 1. The van der Waals surface area contributed by atoms with Gasteiger partial charge in [0.15, 0.2) is 0 Å². The Hall–Kier alpha value is -1.86. The van der Waals surface area contributed by atoms with Crippen molar-refractivity contribution in [3.63, 3.8) is 0 Å². The molecule has 0 amide bonds. The summed E-state index contributed by atoms with van der Waals surface area (Å²) in [4.78, 5) is 2.55. The fourth-order valence-electron chi connectivity index (χ4n) is 1.65. The van der Waals surface area contributed by atoms with Crippen LogP contribution >= 0.6 is 11.3 Å². The summed E-state index contributed by atoms with van der Waals surface area (Å²) in [5.41, 5.74) is 1.01. The summed E-state index contributed by atoms with van der Waals surface area (Å²) >= 11 is 1.75. The van der Waals surface area contributed by atoms with Gasteiger partial charge >= 0.3 is 0 Å². The molecule has 1 aromatic heterocycles. The standard InChI is InChI=1S/C14H13FN2S/c1-2-12-4-5-13(18-12)9-17-14-6-3-11(15)7-10(14)8-16/h3-7,17H,2,9H2,1H3. The second-order valence-corrected chi connectivity index (χ2v) is 5.13. The van der Waals surface area contributed by atoms with Gasteiger partial charge in [0.05, 0.1) is 11.3 Å².